The Morgan fingerprint density at radius 3 is 2.60 bits per heavy atom. The van der Waals surface area contributed by atoms with Gasteiger partial charge in [-0.25, -0.2) is 0 Å². The highest BCUT2D eigenvalue weighted by molar-refractivity contribution is 5.79. The molecule has 2 fully saturated rings. The normalized spacial score (nSPS) is 25.1. The summed E-state index contributed by atoms with van der Waals surface area (Å²) in [6.07, 6.45) is -1.64. The minimum absolute atomic E-state index is 0.121. The van der Waals surface area contributed by atoms with E-state index in [1.54, 1.807) is 0 Å². The number of nitrogens with zero attached hydrogens (tertiary/aromatic N) is 1. The molecule has 2 aliphatic rings. The van der Waals surface area contributed by atoms with E-state index >= 15 is 0 Å². The molecule has 0 radical (unpaired) electrons. The van der Waals surface area contributed by atoms with Gasteiger partial charge in [0.1, 0.15) is 0 Å². The second-order valence-electron chi connectivity index (χ2n) is 3.77. The summed E-state index contributed by atoms with van der Waals surface area (Å²) in [5.74, 6) is -1.95. The quantitative estimate of drug-likeness (QED) is 0.651. The van der Waals surface area contributed by atoms with Crippen molar-refractivity contribution in [3.63, 3.8) is 0 Å². The SMILES string of the molecule is O=C(C(F)F)N1CCCC2(C1)OCCO2. The van der Waals surface area contributed by atoms with Gasteiger partial charge in [0.05, 0.1) is 19.8 Å². The summed E-state index contributed by atoms with van der Waals surface area (Å²) in [5, 5.41) is 0. The van der Waals surface area contributed by atoms with Gasteiger partial charge in [0.15, 0.2) is 5.79 Å². The molecule has 0 N–H and O–H groups in total. The number of rotatable bonds is 1. The van der Waals surface area contributed by atoms with E-state index in [0.717, 1.165) is 4.90 Å². The maximum Gasteiger partial charge on any atom is 0.315 e. The van der Waals surface area contributed by atoms with E-state index < -0.39 is 18.1 Å². The largest absolute Gasteiger partial charge is 0.346 e. The van der Waals surface area contributed by atoms with Crippen molar-refractivity contribution in [2.45, 2.75) is 25.1 Å². The number of amides is 1. The number of carbonyl (C=O) groups is 1. The first-order chi connectivity index (χ1) is 7.13. The summed E-state index contributed by atoms with van der Waals surface area (Å²) in [6.45, 7) is 1.42. The molecular weight excluding hydrogens is 208 g/mol. The zero-order valence-electron chi connectivity index (χ0n) is 8.25. The summed E-state index contributed by atoms with van der Waals surface area (Å²) in [6, 6.07) is 0. The third-order valence-electron chi connectivity index (χ3n) is 2.73. The second kappa shape index (κ2) is 4.02. The van der Waals surface area contributed by atoms with Gasteiger partial charge in [-0.15, -0.1) is 0 Å². The van der Waals surface area contributed by atoms with Crippen molar-refractivity contribution in [2.75, 3.05) is 26.3 Å². The molecule has 2 rings (SSSR count). The van der Waals surface area contributed by atoms with Crippen molar-refractivity contribution in [3.05, 3.63) is 0 Å². The fourth-order valence-electron chi connectivity index (χ4n) is 2.05. The van der Waals surface area contributed by atoms with Crippen LogP contribution in [0.4, 0.5) is 8.78 Å². The van der Waals surface area contributed by atoms with E-state index in [4.69, 9.17) is 9.47 Å². The number of likely N-dealkylation sites (tertiary alicyclic amines) is 1. The highest BCUT2D eigenvalue weighted by Gasteiger charge is 2.43. The summed E-state index contributed by atoms with van der Waals surface area (Å²) in [4.78, 5) is 12.2. The van der Waals surface area contributed by atoms with Crippen LogP contribution in [0.15, 0.2) is 0 Å². The number of carbonyl (C=O) groups excluding carboxylic acids is 1. The smallest absolute Gasteiger partial charge is 0.315 e. The molecule has 2 aliphatic heterocycles. The molecule has 0 aromatic heterocycles. The topological polar surface area (TPSA) is 38.8 Å². The lowest BCUT2D eigenvalue weighted by molar-refractivity contribution is -0.196. The third kappa shape index (κ3) is 2.10. The van der Waals surface area contributed by atoms with Crippen molar-refractivity contribution in [1.29, 1.82) is 0 Å². The number of piperidine rings is 1. The van der Waals surface area contributed by atoms with Gasteiger partial charge in [-0.3, -0.25) is 4.79 Å². The average molecular weight is 221 g/mol. The number of hydrogen-bond acceptors (Lipinski definition) is 3. The predicted molar refractivity (Wildman–Crippen MR) is 46.5 cm³/mol. The van der Waals surface area contributed by atoms with E-state index in [9.17, 15) is 13.6 Å². The maximum absolute atomic E-state index is 12.2. The molecule has 0 aromatic carbocycles. The maximum atomic E-state index is 12.2. The summed E-state index contributed by atoms with van der Waals surface area (Å²) < 4.78 is 35.2. The highest BCUT2D eigenvalue weighted by Crippen LogP contribution is 2.30. The van der Waals surface area contributed by atoms with Crippen molar-refractivity contribution in [2.24, 2.45) is 0 Å². The van der Waals surface area contributed by atoms with E-state index in [1.165, 1.54) is 0 Å². The number of hydrogen-bond donors (Lipinski definition) is 0. The van der Waals surface area contributed by atoms with Gasteiger partial charge in [0.25, 0.3) is 5.91 Å². The molecule has 0 atom stereocenters. The second-order valence-corrected chi connectivity index (χ2v) is 3.77. The molecule has 0 aromatic rings. The lowest BCUT2D eigenvalue weighted by Crippen LogP contribution is -2.52. The standard InChI is InChI=1S/C9H13F2NO3/c10-7(11)8(13)12-3-1-2-9(6-12)14-4-5-15-9/h7H,1-6H2. The molecule has 0 unspecified atom stereocenters. The highest BCUT2D eigenvalue weighted by atomic mass is 19.3. The minimum Gasteiger partial charge on any atom is -0.346 e. The summed E-state index contributed by atoms with van der Waals surface area (Å²) >= 11 is 0. The fourth-order valence-corrected chi connectivity index (χ4v) is 2.05. The Kier molecular flexibility index (Phi) is 2.88. The Morgan fingerprint density at radius 2 is 2.00 bits per heavy atom. The molecule has 0 bridgehead atoms. The van der Waals surface area contributed by atoms with Crippen LogP contribution < -0.4 is 0 Å². The van der Waals surface area contributed by atoms with Crippen molar-refractivity contribution in [1.82, 2.24) is 4.90 Å². The predicted octanol–water partition coefficient (Wildman–Crippen LogP) is 0.617. The van der Waals surface area contributed by atoms with Crippen LogP contribution in [0.2, 0.25) is 0 Å². The summed E-state index contributed by atoms with van der Waals surface area (Å²) in [5.41, 5.74) is 0. The van der Waals surface area contributed by atoms with Gasteiger partial charge in [0, 0.05) is 13.0 Å². The van der Waals surface area contributed by atoms with Crippen LogP contribution in [0, 0.1) is 0 Å². The van der Waals surface area contributed by atoms with Crippen LogP contribution in [0.1, 0.15) is 12.8 Å². The Labute approximate surface area is 86.1 Å². The fraction of sp³-hybridized carbons (Fsp3) is 0.889. The number of halogens is 2. The molecule has 15 heavy (non-hydrogen) atoms. The Balaban J connectivity index is 2.00. The van der Waals surface area contributed by atoms with E-state index in [-0.39, 0.29) is 6.54 Å². The number of alkyl halides is 2. The Morgan fingerprint density at radius 1 is 1.33 bits per heavy atom. The van der Waals surface area contributed by atoms with Crippen molar-refractivity contribution >= 4 is 5.91 Å². The molecule has 0 saturated carbocycles. The molecule has 1 spiro atoms. The molecular formula is C9H13F2NO3. The zero-order valence-corrected chi connectivity index (χ0v) is 8.25. The van der Waals surface area contributed by atoms with E-state index in [0.29, 0.717) is 32.6 Å². The Hall–Kier alpha value is -0.750. The average Bonchev–Trinajstić information content (AvgIpc) is 2.65. The van der Waals surface area contributed by atoms with Crippen LogP contribution in [0.25, 0.3) is 0 Å². The molecule has 1 amide bonds. The third-order valence-corrected chi connectivity index (χ3v) is 2.73. The van der Waals surface area contributed by atoms with Gasteiger partial charge in [-0.05, 0) is 6.42 Å². The molecule has 2 saturated heterocycles. The van der Waals surface area contributed by atoms with Gasteiger partial charge in [-0.1, -0.05) is 0 Å². The summed E-state index contributed by atoms with van der Waals surface area (Å²) in [7, 11) is 0. The van der Waals surface area contributed by atoms with E-state index in [1.807, 2.05) is 0 Å². The zero-order chi connectivity index (χ0) is 10.9. The Bertz CT molecular complexity index is 254. The van der Waals surface area contributed by atoms with Crippen LogP contribution in [-0.4, -0.2) is 49.3 Å². The van der Waals surface area contributed by atoms with Crippen LogP contribution in [0.5, 0.6) is 0 Å². The van der Waals surface area contributed by atoms with Gasteiger partial charge < -0.3 is 14.4 Å². The minimum atomic E-state index is -2.94. The molecule has 0 aliphatic carbocycles. The van der Waals surface area contributed by atoms with Gasteiger partial charge in [-0.2, -0.15) is 8.78 Å². The van der Waals surface area contributed by atoms with Crippen LogP contribution in [0.3, 0.4) is 0 Å². The van der Waals surface area contributed by atoms with Gasteiger partial charge >= 0.3 is 6.43 Å². The molecule has 86 valence electrons. The first kappa shape index (κ1) is 10.8. The number of ether oxygens (including phenoxy) is 2. The molecule has 6 heteroatoms. The first-order valence-corrected chi connectivity index (χ1v) is 4.98. The lowest BCUT2D eigenvalue weighted by Gasteiger charge is -2.38. The lowest BCUT2D eigenvalue weighted by atomic mass is 10.0. The van der Waals surface area contributed by atoms with Crippen molar-refractivity contribution < 1.29 is 23.0 Å². The van der Waals surface area contributed by atoms with Crippen molar-refractivity contribution in [3.8, 4) is 0 Å². The molecule has 2 heterocycles. The van der Waals surface area contributed by atoms with E-state index in [2.05, 4.69) is 0 Å². The van der Waals surface area contributed by atoms with Crippen LogP contribution >= 0.6 is 0 Å². The first-order valence-electron chi connectivity index (χ1n) is 4.98. The molecule has 4 nitrogen and oxygen atoms in total. The van der Waals surface area contributed by atoms with Gasteiger partial charge in [0.2, 0.25) is 0 Å². The monoisotopic (exact) mass is 221 g/mol. The van der Waals surface area contributed by atoms with Crippen LogP contribution in [-0.2, 0) is 14.3 Å².